The van der Waals surface area contributed by atoms with Gasteiger partial charge in [0.1, 0.15) is 0 Å². The van der Waals surface area contributed by atoms with Gasteiger partial charge < -0.3 is 10.2 Å². The first-order valence-electron chi connectivity index (χ1n) is 10.4. The molecule has 1 aliphatic rings. The van der Waals surface area contributed by atoms with Crippen molar-refractivity contribution in [3.05, 3.63) is 41.3 Å². The fourth-order valence-electron chi connectivity index (χ4n) is 4.06. The summed E-state index contributed by atoms with van der Waals surface area (Å²) in [4.78, 5) is 15.0. The van der Waals surface area contributed by atoms with Crippen molar-refractivity contribution in [3.8, 4) is 0 Å². The van der Waals surface area contributed by atoms with E-state index < -0.39 is 0 Å². The Balaban J connectivity index is 1.42. The Hall–Kier alpha value is -2.90. The van der Waals surface area contributed by atoms with E-state index in [4.69, 9.17) is 0 Å². The number of carbonyl (C=O) groups excluding carboxylic acids is 1. The fourth-order valence-corrected chi connectivity index (χ4v) is 4.06. The van der Waals surface area contributed by atoms with Gasteiger partial charge in [0.05, 0.1) is 11.6 Å². The summed E-state index contributed by atoms with van der Waals surface area (Å²) in [5, 5.41) is 16.3. The molecular formula is C21H29N7O. The van der Waals surface area contributed by atoms with Crippen LogP contribution in [0.15, 0.2) is 24.4 Å². The van der Waals surface area contributed by atoms with E-state index in [9.17, 15) is 4.79 Å². The summed E-state index contributed by atoms with van der Waals surface area (Å²) in [5.74, 6) is 0.876. The van der Waals surface area contributed by atoms with Crippen molar-refractivity contribution in [1.82, 2.24) is 29.7 Å². The first-order valence-corrected chi connectivity index (χ1v) is 10.4. The van der Waals surface area contributed by atoms with Gasteiger partial charge >= 0.3 is 0 Å². The number of fused-ring (bicyclic) bond motifs is 1. The maximum atomic E-state index is 12.9. The summed E-state index contributed by atoms with van der Waals surface area (Å²) in [6.07, 6.45) is 4.94. The van der Waals surface area contributed by atoms with Crippen LogP contribution in [0, 0.1) is 19.8 Å². The van der Waals surface area contributed by atoms with Gasteiger partial charge in [-0.25, -0.2) is 0 Å². The number of nitrogens with zero attached hydrogens (tertiary/aromatic N) is 6. The van der Waals surface area contributed by atoms with Gasteiger partial charge in [0.2, 0.25) is 11.9 Å². The molecule has 0 aromatic carbocycles. The third-order valence-electron chi connectivity index (χ3n) is 5.64. The zero-order valence-electron chi connectivity index (χ0n) is 17.4. The number of rotatable bonds is 6. The van der Waals surface area contributed by atoms with Gasteiger partial charge in [-0.1, -0.05) is 13.0 Å². The zero-order chi connectivity index (χ0) is 20.4. The molecule has 0 unspecified atom stereocenters. The molecule has 0 bridgehead atoms. The zero-order valence-corrected chi connectivity index (χ0v) is 17.4. The molecule has 0 aliphatic carbocycles. The van der Waals surface area contributed by atoms with E-state index in [2.05, 4.69) is 49.8 Å². The SMILES string of the molecule is CCCn1cc(CNC(=O)[C@H]2CCCN(c3nnc4cccc(C)n34)C2)c(C)n1. The highest BCUT2D eigenvalue weighted by Gasteiger charge is 2.28. The second kappa shape index (κ2) is 8.23. The third-order valence-corrected chi connectivity index (χ3v) is 5.64. The molecule has 1 N–H and O–H groups in total. The van der Waals surface area contributed by atoms with Crippen molar-refractivity contribution in [2.24, 2.45) is 5.92 Å². The van der Waals surface area contributed by atoms with Crippen molar-refractivity contribution >= 4 is 17.5 Å². The van der Waals surface area contributed by atoms with E-state index >= 15 is 0 Å². The summed E-state index contributed by atoms with van der Waals surface area (Å²) in [5.41, 5.74) is 3.99. The first-order chi connectivity index (χ1) is 14.1. The molecule has 3 aromatic heterocycles. The Kier molecular flexibility index (Phi) is 5.51. The third kappa shape index (κ3) is 3.97. The molecule has 1 aliphatic heterocycles. The van der Waals surface area contributed by atoms with Crippen LogP contribution in [-0.4, -0.2) is 43.4 Å². The molecule has 8 nitrogen and oxygen atoms in total. The van der Waals surface area contributed by atoms with Crippen LogP contribution in [0.5, 0.6) is 0 Å². The summed E-state index contributed by atoms with van der Waals surface area (Å²) in [6.45, 7) is 9.16. The van der Waals surface area contributed by atoms with Crippen LogP contribution in [0.1, 0.15) is 43.1 Å². The van der Waals surface area contributed by atoms with Crippen LogP contribution in [0.2, 0.25) is 0 Å². The molecule has 29 heavy (non-hydrogen) atoms. The number of pyridine rings is 1. The molecule has 0 saturated carbocycles. The molecule has 4 rings (SSSR count). The minimum atomic E-state index is -0.0499. The predicted octanol–water partition coefficient (Wildman–Crippen LogP) is 2.49. The van der Waals surface area contributed by atoms with E-state index in [1.165, 1.54) is 0 Å². The lowest BCUT2D eigenvalue weighted by Crippen LogP contribution is -2.43. The first kappa shape index (κ1) is 19.4. The topological polar surface area (TPSA) is 80.4 Å². The number of aryl methyl sites for hydroxylation is 3. The quantitative estimate of drug-likeness (QED) is 0.694. The summed E-state index contributed by atoms with van der Waals surface area (Å²) < 4.78 is 4.02. The molecule has 1 saturated heterocycles. The van der Waals surface area contributed by atoms with Gasteiger partial charge in [0.15, 0.2) is 5.65 Å². The lowest BCUT2D eigenvalue weighted by molar-refractivity contribution is -0.125. The van der Waals surface area contributed by atoms with Crippen molar-refractivity contribution in [1.29, 1.82) is 0 Å². The Bertz CT molecular complexity index is 1010. The maximum Gasteiger partial charge on any atom is 0.231 e. The van der Waals surface area contributed by atoms with Gasteiger partial charge in [-0.2, -0.15) is 5.10 Å². The summed E-state index contributed by atoms with van der Waals surface area (Å²) >= 11 is 0. The van der Waals surface area contributed by atoms with E-state index in [0.29, 0.717) is 13.1 Å². The van der Waals surface area contributed by atoms with E-state index in [0.717, 1.165) is 60.9 Å². The van der Waals surface area contributed by atoms with Crippen molar-refractivity contribution < 1.29 is 4.79 Å². The van der Waals surface area contributed by atoms with E-state index in [-0.39, 0.29) is 11.8 Å². The van der Waals surface area contributed by atoms with Gasteiger partial charge in [0.25, 0.3) is 0 Å². The molecule has 154 valence electrons. The molecule has 4 heterocycles. The molecule has 8 heteroatoms. The predicted molar refractivity (Wildman–Crippen MR) is 112 cm³/mol. The Morgan fingerprint density at radius 1 is 1.28 bits per heavy atom. The summed E-state index contributed by atoms with van der Waals surface area (Å²) in [6, 6.07) is 5.99. The average Bonchev–Trinajstić information content (AvgIpc) is 3.31. The highest BCUT2D eigenvalue weighted by molar-refractivity contribution is 5.79. The second-order valence-corrected chi connectivity index (χ2v) is 7.87. The smallest absolute Gasteiger partial charge is 0.231 e. The fraction of sp³-hybridized carbons (Fsp3) is 0.524. The number of anilines is 1. The lowest BCUT2D eigenvalue weighted by atomic mass is 9.97. The minimum Gasteiger partial charge on any atom is -0.352 e. The Morgan fingerprint density at radius 3 is 2.97 bits per heavy atom. The molecular weight excluding hydrogens is 366 g/mol. The highest BCUT2D eigenvalue weighted by Crippen LogP contribution is 2.23. The molecule has 3 aromatic rings. The van der Waals surface area contributed by atoms with Crippen molar-refractivity contribution in [2.45, 2.75) is 53.1 Å². The number of aromatic nitrogens is 5. The minimum absolute atomic E-state index is 0.0499. The largest absolute Gasteiger partial charge is 0.352 e. The van der Waals surface area contributed by atoms with Gasteiger partial charge in [-0.05, 0) is 45.2 Å². The molecule has 1 atom stereocenters. The monoisotopic (exact) mass is 395 g/mol. The number of nitrogens with one attached hydrogen (secondary N) is 1. The van der Waals surface area contributed by atoms with E-state index in [1.54, 1.807) is 0 Å². The van der Waals surface area contributed by atoms with Gasteiger partial charge in [-0.15, -0.1) is 10.2 Å². The highest BCUT2D eigenvalue weighted by atomic mass is 16.1. The average molecular weight is 396 g/mol. The van der Waals surface area contributed by atoms with Gasteiger partial charge in [0, 0.05) is 43.6 Å². The van der Waals surface area contributed by atoms with E-state index in [1.807, 2.05) is 29.9 Å². The van der Waals surface area contributed by atoms with Crippen LogP contribution < -0.4 is 10.2 Å². The normalized spacial score (nSPS) is 17.1. The van der Waals surface area contributed by atoms with Crippen LogP contribution in [-0.2, 0) is 17.9 Å². The second-order valence-electron chi connectivity index (χ2n) is 7.87. The van der Waals surface area contributed by atoms with Crippen LogP contribution in [0.4, 0.5) is 5.95 Å². The lowest BCUT2D eigenvalue weighted by Gasteiger charge is -2.32. The molecule has 0 spiro atoms. The molecule has 0 radical (unpaired) electrons. The number of piperidine rings is 1. The maximum absolute atomic E-state index is 12.9. The van der Waals surface area contributed by atoms with Crippen molar-refractivity contribution in [2.75, 3.05) is 18.0 Å². The van der Waals surface area contributed by atoms with Crippen LogP contribution >= 0.6 is 0 Å². The Labute approximate surface area is 170 Å². The number of amides is 1. The number of carbonyl (C=O) groups is 1. The number of hydrogen-bond donors (Lipinski definition) is 1. The Morgan fingerprint density at radius 2 is 2.14 bits per heavy atom. The van der Waals surface area contributed by atoms with Crippen molar-refractivity contribution in [3.63, 3.8) is 0 Å². The molecule has 1 fully saturated rings. The molecule has 1 amide bonds. The van der Waals surface area contributed by atoms with Crippen LogP contribution in [0.25, 0.3) is 5.65 Å². The standard InChI is InChI=1S/C21H29N7O/c1-4-10-27-14-18(16(3)25-27)12-22-20(29)17-8-6-11-26(13-17)21-24-23-19-9-5-7-15(2)28(19)21/h5,7,9,14,17H,4,6,8,10-13H2,1-3H3,(H,22,29)/t17-/m0/s1. The van der Waals surface area contributed by atoms with Gasteiger partial charge in [-0.3, -0.25) is 13.9 Å². The number of hydrogen-bond acceptors (Lipinski definition) is 5. The summed E-state index contributed by atoms with van der Waals surface area (Å²) in [7, 11) is 0. The van der Waals surface area contributed by atoms with Crippen LogP contribution in [0.3, 0.4) is 0 Å².